The molecule has 1 aromatic carbocycles. The first-order chi connectivity index (χ1) is 11.8. The molecule has 4 N–H and O–H groups in total. The maximum Gasteiger partial charge on any atom is 0.332 e. The minimum atomic E-state index is -0.786. The summed E-state index contributed by atoms with van der Waals surface area (Å²) in [6, 6.07) is 4.40. The second kappa shape index (κ2) is 7.78. The molecule has 0 bridgehead atoms. The zero-order valence-electron chi connectivity index (χ0n) is 13.6. The third kappa shape index (κ3) is 3.90. The van der Waals surface area contributed by atoms with Gasteiger partial charge in [-0.3, -0.25) is 18.7 Å². The molecule has 10 heteroatoms. The summed E-state index contributed by atoms with van der Waals surface area (Å²) in [6.45, 7) is 0.342. The van der Waals surface area contributed by atoms with Crippen LogP contribution in [0, 0.1) is 9.39 Å². The number of carbonyl (C=O) groups excluding carboxylic acids is 1. The molecule has 25 heavy (non-hydrogen) atoms. The average molecular weight is 461 g/mol. The van der Waals surface area contributed by atoms with Crippen LogP contribution in [-0.2, 0) is 14.1 Å². The van der Waals surface area contributed by atoms with Gasteiger partial charge >= 0.3 is 5.69 Å². The van der Waals surface area contributed by atoms with Crippen molar-refractivity contribution in [1.29, 1.82) is 0 Å². The number of carbonyl (C=O) groups is 1. The summed E-state index contributed by atoms with van der Waals surface area (Å²) in [4.78, 5) is 36.9. The molecular formula is C15H17FIN5O3. The Hall–Kier alpha value is -2.21. The van der Waals surface area contributed by atoms with Crippen LogP contribution in [0.2, 0.25) is 0 Å². The first-order valence-electron chi connectivity index (χ1n) is 7.28. The highest BCUT2D eigenvalue weighted by Gasteiger charge is 2.22. The van der Waals surface area contributed by atoms with Gasteiger partial charge in [-0.25, -0.2) is 9.18 Å². The first-order valence-corrected chi connectivity index (χ1v) is 8.36. The Bertz CT molecular complexity index is 938. The molecule has 1 amide bonds. The number of aromatic nitrogens is 2. The van der Waals surface area contributed by atoms with Crippen molar-refractivity contribution >= 4 is 40.0 Å². The number of nitrogens with zero attached hydrogens (tertiary/aromatic N) is 2. The molecule has 0 fully saturated rings. The maximum absolute atomic E-state index is 14.1. The molecule has 134 valence electrons. The van der Waals surface area contributed by atoms with E-state index in [0.29, 0.717) is 3.57 Å². The molecular weight excluding hydrogens is 444 g/mol. The number of hydrogen-bond donors (Lipinski definition) is 3. The Kier molecular flexibility index (Phi) is 5.95. The highest BCUT2D eigenvalue weighted by Crippen LogP contribution is 2.22. The van der Waals surface area contributed by atoms with Gasteiger partial charge in [0.2, 0.25) is 0 Å². The number of benzene rings is 1. The van der Waals surface area contributed by atoms with Gasteiger partial charge in [-0.1, -0.05) is 0 Å². The van der Waals surface area contributed by atoms with E-state index in [0.717, 1.165) is 9.13 Å². The summed E-state index contributed by atoms with van der Waals surface area (Å²) in [6.07, 6.45) is 0. The Morgan fingerprint density at radius 2 is 1.96 bits per heavy atom. The summed E-state index contributed by atoms with van der Waals surface area (Å²) in [7, 11) is 2.65. The number of nitrogens with one attached hydrogen (secondary N) is 2. The standard InChI is InChI=1S/C15H17FIN5O3/c1-21-12(20-10-4-3-8(17)7-9(10)16)11(13(23)19-6-5-18)14(24)22(2)15(21)25/h3-4,7,20H,5-6,18H2,1-2H3,(H,19,23). The van der Waals surface area contributed by atoms with E-state index in [1.807, 2.05) is 22.6 Å². The molecule has 0 spiro atoms. The van der Waals surface area contributed by atoms with E-state index in [1.165, 1.54) is 26.2 Å². The van der Waals surface area contributed by atoms with Gasteiger partial charge in [0.15, 0.2) is 0 Å². The fraction of sp³-hybridized carbons (Fsp3) is 0.267. The van der Waals surface area contributed by atoms with Crippen LogP contribution in [0.5, 0.6) is 0 Å². The van der Waals surface area contributed by atoms with E-state index in [4.69, 9.17) is 5.73 Å². The van der Waals surface area contributed by atoms with Crippen LogP contribution in [0.3, 0.4) is 0 Å². The van der Waals surface area contributed by atoms with Gasteiger partial charge in [-0.2, -0.15) is 0 Å². The van der Waals surface area contributed by atoms with Crippen LogP contribution < -0.4 is 27.6 Å². The summed E-state index contributed by atoms with van der Waals surface area (Å²) in [5.74, 6) is -1.37. The van der Waals surface area contributed by atoms with E-state index in [9.17, 15) is 18.8 Å². The summed E-state index contributed by atoms with van der Waals surface area (Å²) < 4.78 is 16.7. The maximum atomic E-state index is 14.1. The molecule has 8 nitrogen and oxygen atoms in total. The topological polar surface area (TPSA) is 111 Å². The van der Waals surface area contributed by atoms with Crippen molar-refractivity contribution in [2.45, 2.75) is 0 Å². The van der Waals surface area contributed by atoms with Crippen molar-refractivity contribution in [2.24, 2.45) is 19.8 Å². The average Bonchev–Trinajstić information content (AvgIpc) is 2.57. The van der Waals surface area contributed by atoms with Crippen LogP contribution in [0.15, 0.2) is 27.8 Å². The van der Waals surface area contributed by atoms with Gasteiger partial charge in [-0.05, 0) is 40.8 Å². The number of nitrogens with two attached hydrogens (primary N) is 1. The van der Waals surface area contributed by atoms with Crippen molar-refractivity contribution in [2.75, 3.05) is 18.4 Å². The summed E-state index contributed by atoms with van der Waals surface area (Å²) >= 11 is 1.95. The lowest BCUT2D eigenvalue weighted by atomic mass is 10.2. The molecule has 0 saturated carbocycles. The van der Waals surface area contributed by atoms with Crippen molar-refractivity contribution in [3.63, 3.8) is 0 Å². The SMILES string of the molecule is Cn1c(Nc2ccc(I)cc2F)c(C(=O)NCCN)c(=O)n(C)c1=O. The summed E-state index contributed by atoms with van der Waals surface area (Å²) in [5.41, 5.74) is 3.67. The molecule has 0 atom stereocenters. The molecule has 2 aromatic rings. The fourth-order valence-electron chi connectivity index (χ4n) is 2.19. The molecule has 0 saturated heterocycles. The molecule has 0 unspecified atom stereocenters. The molecule has 1 aromatic heterocycles. The monoisotopic (exact) mass is 461 g/mol. The highest BCUT2D eigenvalue weighted by atomic mass is 127. The van der Waals surface area contributed by atoms with E-state index < -0.39 is 23.0 Å². The minimum absolute atomic E-state index is 0.0385. The third-order valence-electron chi connectivity index (χ3n) is 3.51. The van der Waals surface area contributed by atoms with E-state index in [-0.39, 0.29) is 30.2 Å². The minimum Gasteiger partial charge on any atom is -0.350 e. The Labute approximate surface area is 156 Å². The molecule has 2 rings (SSSR count). The Morgan fingerprint density at radius 3 is 2.56 bits per heavy atom. The number of hydrogen-bond acceptors (Lipinski definition) is 5. The van der Waals surface area contributed by atoms with E-state index in [1.54, 1.807) is 6.07 Å². The Morgan fingerprint density at radius 1 is 1.28 bits per heavy atom. The van der Waals surface area contributed by atoms with Crippen molar-refractivity contribution in [3.8, 4) is 0 Å². The quantitative estimate of drug-likeness (QED) is 0.554. The van der Waals surface area contributed by atoms with Crippen LogP contribution >= 0.6 is 22.6 Å². The van der Waals surface area contributed by atoms with Crippen LogP contribution in [0.25, 0.3) is 0 Å². The number of rotatable bonds is 5. The first kappa shape index (κ1) is 19.1. The van der Waals surface area contributed by atoms with E-state index in [2.05, 4.69) is 10.6 Å². The van der Waals surface area contributed by atoms with Gasteiger partial charge in [0.05, 0.1) is 5.69 Å². The van der Waals surface area contributed by atoms with Crippen molar-refractivity contribution < 1.29 is 9.18 Å². The van der Waals surface area contributed by atoms with Gasteiger partial charge in [-0.15, -0.1) is 0 Å². The van der Waals surface area contributed by atoms with Crippen LogP contribution in [0.1, 0.15) is 10.4 Å². The lowest BCUT2D eigenvalue weighted by Gasteiger charge is -2.17. The highest BCUT2D eigenvalue weighted by molar-refractivity contribution is 14.1. The van der Waals surface area contributed by atoms with Crippen LogP contribution in [0.4, 0.5) is 15.9 Å². The number of anilines is 2. The third-order valence-corrected chi connectivity index (χ3v) is 4.18. The van der Waals surface area contributed by atoms with Gasteiger partial charge in [0.25, 0.3) is 11.5 Å². The van der Waals surface area contributed by atoms with Crippen molar-refractivity contribution in [1.82, 2.24) is 14.5 Å². The largest absolute Gasteiger partial charge is 0.350 e. The molecule has 0 aliphatic heterocycles. The second-order valence-corrected chi connectivity index (χ2v) is 6.47. The van der Waals surface area contributed by atoms with Gasteiger partial charge in [0, 0.05) is 30.8 Å². The van der Waals surface area contributed by atoms with Gasteiger partial charge in [0.1, 0.15) is 17.2 Å². The van der Waals surface area contributed by atoms with Gasteiger partial charge < -0.3 is 16.4 Å². The van der Waals surface area contributed by atoms with E-state index >= 15 is 0 Å². The molecule has 0 aliphatic carbocycles. The molecule has 0 aliphatic rings. The fourth-order valence-corrected chi connectivity index (χ4v) is 2.64. The lowest BCUT2D eigenvalue weighted by Crippen LogP contribution is -2.44. The Balaban J connectivity index is 2.64. The second-order valence-electron chi connectivity index (χ2n) is 5.22. The normalized spacial score (nSPS) is 10.6. The number of halogens is 2. The molecule has 0 radical (unpaired) electrons. The number of amides is 1. The zero-order chi connectivity index (χ0) is 18.7. The zero-order valence-corrected chi connectivity index (χ0v) is 15.8. The smallest absolute Gasteiger partial charge is 0.332 e. The summed E-state index contributed by atoms with van der Waals surface area (Å²) in [5, 5.41) is 5.17. The molecule has 1 heterocycles. The predicted octanol–water partition coefficient (Wildman–Crippen LogP) is 0.260. The lowest BCUT2D eigenvalue weighted by molar-refractivity contribution is 0.0952. The van der Waals surface area contributed by atoms with Crippen LogP contribution in [-0.4, -0.2) is 28.1 Å². The van der Waals surface area contributed by atoms with Crippen molar-refractivity contribution in [3.05, 3.63) is 54.0 Å². The predicted molar refractivity (Wildman–Crippen MR) is 101 cm³/mol.